The molecule has 0 saturated carbocycles. The van der Waals surface area contributed by atoms with Gasteiger partial charge in [-0.3, -0.25) is 0 Å². The predicted octanol–water partition coefficient (Wildman–Crippen LogP) is 3.54. The van der Waals surface area contributed by atoms with E-state index in [-0.39, 0.29) is 5.60 Å². The first-order valence-electron chi connectivity index (χ1n) is 12.3. The van der Waals surface area contributed by atoms with Gasteiger partial charge in [0.2, 0.25) is 0 Å². The summed E-state index contributed by atoms with van der Waals surface area (Å²) in [6, 6.07) is 0. The SMILES string of the molecule is CN1CCN(c2nc3sc4c(NCCCn5ccnc5)ncnc4c3c3c2COC(C)(C)C3)CC1. The van der Waals surface area contributed by atoms with E-state index in [0.717, 1.165) is 78.8 Å². The molecule has 0 aliphatic carbocycles. The van der Waals surface area contributed by atoms with Crippen molar-refractivity contribution in [1.29, 1.82) is 0 Å². The van der Waals surface area contributed by atoms with Crippen LogP contribution in [0.3, 0.4) is 0 Å². The lowest BCUT2D eigenvalue weighted by molar-refractivity contribution is -0.0395. The predicted molar refractivity (Wildman–Crippen MR) is 140 cm³/mol. The lowest BCUT2D eigenvalue weighted by Crippen LogP contribution is -2.45. The second-order valence-corrected chi connectivity index (χ2v) is 11.2. The standard InChI is InChI=1S/C25H32N8OS/c1-25(2)13-17-18(14-34-25)23(33-11-9-31(3)10-12-33)30-24-19(17)20-21(35-24)22(29-15-28-20)27-5-4-7-32-8-6-26-16-32/h6,8,15-16H,4-5,7,9-14H2,1-3H3,(H,27,28,29). The molecule has 0 aromatic carbocycles. The van der Waals surface area contributed by atoms with E-state index in [1.165, 1.54) is 16.5 Å². The second-order valence-electron chi connectivity index (χ2n) is 10.2. The number of rotatable bonds is 6. The van der Waals surface area contributed by atoms with Crippen molar-refractivity contribution in [3.05, 3.63) is 36.2 Å². The molecule has 0 unspecified atom stereocenters. The van der Waals surface area contributed by atoms with E-state index in [9.17, 15) is 0 Å². The second kappa shape index (κ2) is 9.00. The first-order chi connectivity index (χ1) is 17.0. The van der Waals surface area contributed by atoms with Crippen LogP contribution in [0.15, 0.2) is 25.0 Å². The van der Waals surface area contributed by atoms with Crippen molar-refractivity contribution in [2.24, 2.45) is 0 Å². The number of fused-ring (bicyclic) bond motifs is 5. The highest BCUT2D eigenvalue weighted by Gasteiger charge is 2.33. The van der Waals surface area contributed by atoms with E-state index in [0.29, 0.717) is 6.61 Å². The zero-order valence-corrected chi connectivity index (χ0v) is 21.4. The Labute approximate surface area is 209 Å². The maximum atomic E-state index is 6.28. The molecule has 0 radical (unpaired) electrons. The average molecular weight is 493 g/mol. The Balaban J connectivity index is 1.38. The van der Waals surface area contributed by atoms with Crippen molar-refractivity contribution in [3.8, 4) is 0 Å². The third kappa shape index (κ3) is 4.34. The van der Waals surface area contributed by atoms with E-state index in [2.05, 4.69) is 50.5 Å². The van der Waals surface area contributed by atoms with Crippen molar-refractivity contribution in [1.82, 2.24) is 29.4 Å². The number of anilines is 2. The number of aromatic nitrogens is 5. The Morgan fingerprint density at radius 1 is 1.14 bits per heavy atom. The molecule has 9 nitrogen and oxygen atoms in total. The lowest BCUT2D eigenvalue weighted by atomic mass is 9.90. The molecule has 1 N–H and O–H groups in total. The number of imidazole rings is 1. The Bertz CT molecular complexity index is 1340. The van der Waals surface area contributed by atoms with Gasteiger partial charge in [0.05, 0.1) is 28.8 Å². The molecule has 0 amide bonds. The minimum Gasteiger partial charge on any atom is -0.370 e. The molecule has 184 valence electrons. The van der Waals surface area contributed by atoms with E-state index in [1.54, 1.807) is 17.7 Å². The minimum absolute atomic E-state index is 0.212. The van der Waals surface area contributed by atoms with Crippen LogP contribution < -0.4 is 10.2 Å². The maximum Gasteiger partial charge on any atom is 0.147 e. The quantitative estimate of drug-likeness (QED) is 0.409. The summed E-state index contributed by atoms with van der Waals surface area (Å²) in [5.74, 6) is 1.98. The van der Waals surface area contributed by atoms with Crippen LogP contribution in [0.1, 0.15) is 31.4 Å². The smallest absolute Gasteiger partial charge is 0.147 e. The highest BCUT2D eigenvalue weighted by atomic mass is 32.1. The van der Waals surface area contributed by atoms with Gasteiger partial charge in [0.15, 0.2) is 0 Å². The van der Waals surface area contributed by atoms with Crippen molar-refractivity contribution < 1.29 is 4.74 Å². The van der Waals surface area contributed by atoms with Crippen molar-refractivity contribution in [3.63, 3.8) is 0 Å². The largest absolute Gasteiger partial charge is 0.370 e. The summed E-state index contributed by atoms with van der Waals surface area (Å²) in [5.41, 5.74) is 3.37. The summed E-state index contributed by atoms with van der Waals surface area (Å²) in [7, 11) is 2.18. The number of thiophene rings is 1. The average Bonchev–Trinajstić information content (AvgIpc) is 3.49. The van der Waals surface area contributed by atoms with E-state index < -0.39 is 0 Å². The van der Waals surface area contributed by atoms with Crippen LogP contribution in [-0.2, 0) is 24.3 Å². The topological polar surface area (TPSA) is 84.2 Å². The molecule has 1 fully saturated rings. The highest BCUT2D eigenvalue weighted by Crippen LogP contribution is 2.44. The van der Waals surface area contributed by atoms with Gasteiger partial charge in [-0.1, -0.05) is 0 Å². The number of hydrogen-bond acceptors (Lipinski definition) is 9. The van der Waals surface area contributed by atoms with Crippen LogP contribution in [0.2, 0.25) is 0 Å². The summed E-state index contributed by atoms with van der Waals surface area (Å²) < 4.78 is 9.45. The summed E-state index contributed by atoms with van der Waals surface area (Å²) >= 11 is 1.70. The summed E-state index contributed by atoms with van der Waals surface area (Å²) in [6.45, 7) is 10.8. The molecule has 2 aliphatic rings. The number of pyridine rings is 1. The Hall–Kier alpha value is -2.82. The highest BCUT2D eigenvalue weighted by molar-refractivity contribution is 7.26. The fourth-order valence-electron chi connectivity index (χ4n) is 5.08. The van der Waals surface area contributed by atoms with E-state index in [4.69, 9.17) is 14.7 Å². The molecule has 10 heteroatoms. The number of nitrogens with one attached hydrogen (secondary N) is 1. The van der Waals surface area contributed by atoms with Crippen molar-refractivity contribution >= 4 is 43.4 Å². The fourth-order valence-corrected chi connectivity index (χ4v) is 6.20. The molecule has 0 bridgehead atoms. The number of aryl methyl sites for hydroxylation is 1. The summed E-state index contributed by atoms with van der Waals surface area (Å²) in [6.07, 6.45) is 9.18. The van der Waals surface area contributed by atoms with Gasteiger partial charge < -0.3 is 24.4 Å². The van der Waals surface area contributed by atoms with Crippen LogP contribution in [0.4, 0.5) is 11.6 Å². The molecule has 4 aromatic rings. The Morgan fingerprint density at radius 2 is 2.00 bits per heavy atom. The number of ether oxygens (including phenoxy) is 1. The molecule has 2 aliphatic heterocycles. The first kappa shape index (κ1) is 22.6. The Kier molecular flexibility index (Phi) is 5.82. The zero-order valence-electron chi connectivity index (χ0n) is 20.6. The molecule has 6 heterocycles. The van der Waals surface area contributed by atoms with Crippen LogP contribution in [-0.4, -0.2) is 74.8 Å². The number of hydrogen-bond donors (Lipinski definition) is 1. The van der Waals surface area contributed by atoms with Gasteiger partial charge in [0.25, 0.3) is 0 Å². The zero-order chi connectivity index (χ0) is 24.0. The van der Waals surface area contributed by atoms with Crippen LogP contribution in [0.25, 0.3) is 20.4 Å². The molecule has 4 aromatic heterocycles. The number of likely N-dealkylation sites (N-methyl/N-ethyl adjacent to an activating group) is 1. The third-order valence-electron chi connectivity index (χ3n) is 7.05. The maximum absolute atomic E-state index is 6.28. The van der Waals surface area contributed by atoms with E-state index in [1.807, 2.05) is 18.7 Å². The third-order valence-corrected chi connectivity index (χ3v) is 8.13. The van der Waals surface area contributed by atoms with Crippen molar-refractivity contribution in [2.45, 2.75) is 45.4 Å². The lowest BCUT2D eigenvalue weighted by Gasteiger charge is -2.38. The van der Waals surface area contributed by atoms with Gasteiger partial charge in [-0.05, 0) is 32.9 Å². The molecule has 35 heavy (non-hydrogen) atoms. The van der Waals surface area contributed by atoms with Crippen molar-refractivity contribution in [2.75, 3.05) is 50.0 Å². The van der Waals surface area contributed by atoms with E-state index >= 15 is 0 Å². The summed E-state index contributed by atoms with van der Waals surface area (Å²) in [4.78, 5) is 24.6. The normalized spacial score (nSPS) is 18.3. The molecule has 6 rings (SSSR count). The van der Waals surface area contributed by atoms with Gasteiger partial charge in [0.1, 0.15) is 22.8 Å². The first-order valence-corrected chi connectivity index (χ1v) is 13.2. The molecule has 0 spiro atoms. The fraction of sp³-hybridized carbons (Fsp3) is 0.520. The van der Waals surface area contributed by atoms with Gasteiger partial charge in [0, 0.05) is 69.0 Å². The molecular weight excluding hydrogens is 460 g/mol. The van der Waals surface area contributed by atoms with Gasteiger partial charge in [-0.15, -0.1) is 11.3 Å². The van der Waals surface area contributed by atoms with Gasteiger partial charge >= 0.3 is 0 Å². The summed E-state index contributed by atoms with van der Waals surface area (Å²) in [5, 5.41) is 4.73. The number of piperazine rings is 1. The monoisotopic (exact) mass is 492 g/mol. The van der Waals surface area contributed by atoms with Gasteiger partial charge in [-0.25, -0.2) is 19.9 Å². The minimum atomic E-state index is -0.212. The molecular formula is C25H32N8OS. The molecule has 0 atom stereocenters. The van der Waals surface area contributed by atoms with Gasteiger partial charge in [-0.2, -0.15) is 0 Å². The van der Waals surface area contributed by atoms with Crippen LogP contribution in [0, 0.1) is 0 Å². The van der Waals surface area contributed by atoms with Crippen LogP contribution in [0.5, 0.6) is 0 Å². The van der Waals surface area contributed by atoms with Crippen LogP contribution >= 0.6 is 11.3 Å². The molecule has 1 saturated heterocycles. The number of nitrogens with zero attached hydrogens (tertiary/aromatic N) is 7. The Morgan fingerprint density at radius 3 is 2.80 bits per heavy atom.